The van der Waals surface area contributed by atoms with Gasteiger partial charge in [-0.3, -0.25) is 0 Å². The number of nitrogens with one attached hydrogen (secondary N) is 1. The summed E-state index contributed by atoms with van der Waals surface area (Å²) >= 11 is 0. The van der Waals surface area contributed by atoms with Crippen LogP contribution in [0.3, 0.4) is 0 Å². The highest BCUT2D eigenvalue weighted by Gasteiger charge is 2.51. The Balaban J connectivity index is 1.34. The first-order valence-electron chi connectivity index (χ1n) is 10.5. The molecule has 1 atom stereocenters. The molecule has 1 aromatic rings. The topological polar surface area (TPSA) is 41.5 Å². The molecule has 4 aliphatic carbocycles. The molecule has 0 amide bonds. The van der Waals surface area contributed by atoms with Gasteiger partial charge in [0.15, 0.2) is 0 Å². The first-order chi connectivity index (χ1) is 12.3. The van der Waals surface area contributed by atoms with Gasteiger partial charge in [0.2, 0.25) is 0 Å². The van der Waals surface area contributed by atoms with E-state index in [2.05, 4.69) is 50.4 Å². The molecule has 3 heteroatoms. The van der Waals surface area contributed by atoms with Crippen LogP contribution in [-0.2, 0) is 5.41 Å². The molecule has 3 nitrogen and oxygen atoms in total. The van der Waals surface area contributed by atoms with Crippen molar-refractivity contribution in [3.63, 3.8) is 0 Å². The van der Waals surface area contributed by atoms with Crippen molar-refractivity contribution in [1.82, 2.24) is 5.32 Å². The molecule has 0 heterocycles. The van der Waals surface area contributed by atoms with Crippen molar-refractivity contribution in [1.29, 1.82) is 0 Å². The lowest BCUT2D eigenvalue weighted by Crippen LogP contribution is -2.48. The third-order valence-corrected chi connectivity index (χ3v) is 6.82. The van der Waals surface area contributed by atoms with Gasteiger partial charge in [0.05, 0.1) is 0 Å². The first-order valence-corrected chi connectivity index (χ1v) is 10.5. The van der Waals surface area contributed by atoms with Gasteiger partial charge in [0.1, 0.15) is 18.5 Å². The zero-order valence-corrected chi connectivity index (χ0v) is 16.6. The van der Waals surface area contributed by atoms with Crippen molar-refractivity contribution in [3.8, 4) is 5.75 Å². The fraction of sp³-hybridized carbons (Fsp3) is 0.739. The largest absolute Gasteiger partial charge is 0.491 e. The molecule has 0 saturated heterocycles. The minimum absolute atomic E-state index is 0.0144. The second-order valence-electron chi connectivity index (χ2n) is 10.3. The van der Waals surface area contributed by atoms with Gasteiger partial charge in [0, 0.05) is 12.1 Å². The molecule has 4 fully saturated rings. The number of benzene rings is 1. The lowest BCUT2D eigenvalue weighted by molar-refractivity contribution is -0.00521. The van der Waals surface area contributed by atoms with Gasteiger partial charge in [-0.2, -0.15) is 0 Å². The lowest BCUT2D eigenvalue weighted by atomic mass is 9.48. The van der Waals surface area contributed by atoms with Gasteiger partial charge >= 0.3 is 0 Å². The standard InChI is InChI=1S/C23H35NO2/c1-22(2,3)24-14-20(25)15-26-21-6-4-19(5-7-21)23-11-16-8-17(12-23)10-18(9-16)13-23/h4-7,16-18,20,24-25H,8-15H2,1-3H3/t16?,17?,18?,20-,23?/m1/s1. The number of aliphatic hydroxyl groups excluding tert-OH is 1. The summed E-state index contributed by atoms with van der Waals surface area (Å²) in [4.78, 5) is 0. The second-order valence-corrected chi connectivity index (χ2v) is 10.3. The Kier molecular flexibility index (Phi) is 4.81. The summed E-state index contributed by atoms with van der Waals surface area (Å²) in [6.45, 7) is 7.19. The average molecular weight is 358 g/mol. The first kappa shape index (κ1) is 18.3. The molecule has 1 aromatic carbocycles. The Morgan fingerprint density at radius 1 is 1.04 bits per heavy atom. The van der Waals surface area contributed by atoms with Crippen LogP contribution in [0.2, 0.25) is 0 Å². The summed E-state index contributed by atoms with van der Waals surface area (Å²) in [7, 11) is 0. The molecular weight excluding hydrogens is 322 g/mol. The highest BCUT2D eigenvalue weighted by Crippen LogP contribution is 2.60. The quantitative estimate of drug-likeness (QED) is 0.798. The fourth-order valence-corrected chi connectivity index (χ4v) is 6.04. The monoisotopic (exact) mass is 357 g/mol. The summed E-state index contributed by atoms with van der Waals surface area (Å²) in [6.07, 6.45) is 8.17. The maximum atomic E-state index is 10.1. The van der Waals surface area contributed by atoms with Gasteiger partial charge in [-0.1, -0.05) is 12.1 Å². The van der Waals surface area contributed by atoms with E-state index >= 15 is 0 Å². The van der Waals surface area contributed by atoms with Crippen LogP contribution in [0.1, 0.15) is 64.9 Å². The number of aliphatic hydroxyl groups is 1. The molecule has 26 heavy (non-hydrogen) atoms. The number of rotatable bonds is 6. The van der Waals surface area contributed by atoms with E-state index in [0.29, 0.717) is 18.6 Å². The van der Waals surface area contributed by atoms with Crippen LogP contribution < -0.4 is 10.1 Å². The fourth-order valence-electron chi connectivity index (χ4n) is 6.04. The van der Waals surface area contributed by atoms with E-state index in [1.54, 1.807) is 0 Å². The minimum Gasteiger partial charge on any atom is -0.491 e. The van der Waals surface area contributed by atoms with E-state index in [1.807, 2.05) is 0 Å². The SMILES string of the molecule is CC(C)(C)NC[C@@H](O)COc1ccc(C23CC4CC(CC(C4)C2)C3)cc1. The van der Waals surface area contributed by atoms with Gasteiger partial charge in [0.25, 0.3) is 0 Å². The van der Waals surface area contributed by atoms with Crippen molar-refractivity contribution >= 4 is 0 Å². The number of β-amino-alcohol motifs (C(OH)–C–C–N with tert-alkyl or cyclic N) is 1. The maximum Gasteiger partial charge on any atom is 0.119 e. The predicted molar refractivity (Wildman–Crippen MR) is 106 cm³/mol. The van der Waals surface area contributed by atoms with E-state index < -0.39 is 6.10 Å². The van der Waals surface area contributed by atoms with Gasteiger partial charge in [-0.25, -0.2) is 0 Å². The Morgan fingerprint density at radius 3 is 2.08 bits per heavy atom. The molecule has 0 spiro atoms. The molecule has 4 aliphatic rings. The van der Waals surface area contributed by atoms with Crippen LogP contribution >= 0.6 is 0 Å². The van der Waals surface area contributed by atoms with E-state index in [0.717, 1.165) is 23.5 Å². The normalized spacial score (nSPS) is 34.1. The molecule has 2 N–H and O–H groups in total. The van der Waals surface area contributed by atoms with Crippen molar-refractivity contribution in [2.75, 3.05) is 13.2 Å². The van der Waals surface area contributed by atoms with Crippen LogP contribution in [0.4, 0.5) is 0 Å². The highest BCUT2D eigenvalue weighted by molar-refractivity contribution is 5.34. The van der Waals surface area contributed by atoms with Crippen molar-refractivity contribution < 1.29 is 9.84 Å². The van der Waals surface area contributed by atoms with E-state index in [4.69, 9.17) is 4.74 Å². The third kappa shape index (κ3) is 3.94. The van der Waals surface area contributed by atoms with E-state index in [-0.39, 0.29) is 5.54 Å². The third-order valence-electron chi connectivity index (χ3n) is 6.82. The Labute approximate surface area is 158 Å². The summed E-state index contributed by atoms with van der Waals surface area (Å²) < 4.78 is 5.82. The summed E-state index contributed by atoms with van der Waals surface area (Å²) in [5.41, 5.74) is 1.99. The molecule has 0 unspecified atom stereocenters. The summed E-state index contributed by atoms with van der Waals surface area (Å²) in [6, 6.07) is 8.81. The summed E-state index contributed by atoms with van der Waals surface area (Å²) in [5, 5.41) is 13.4. The minimum atomic E-state index is -0.489. The molecule has 5 rings (SSSR count). The van der Waals surface area contributed by atoms with Gasteiger partial charge < -0.3 is 15.2 Å². The Morgan fingerprint density at radius 2 is 1.58 bits per heavy atom. The van der Waals surface area contributed by atoms with Crippen LogP contribution in [0.5, 0.6) is 5.75 Å². The van der Waals surface area contributed by atoms with Crippen LogP contribution in [0, 0.1) is 17.8 Å². The zero-order chi connectivity index (χ0) is 18.4. The van der Waals surface area contributed by atoms with Gasteiger partial charge in [-0.15, -0.1) is 0 Å². The molecule has 144 valence electrons. The smallest absolute Gasteiger partial charge is 0.119 e. The van der Waals surface area contributed by atoms with Crippen LogP contribution in [-0.4, -0.2) is 29.9 Å². The van der Waals surface area contributed by atoms with Crippen LogP contribution in [0.25, 0.3) is 0 Å². The molecule has 0 aromatic heterocycles. The predicted octanol–water partition coefficient (Wildman–Crippen LogP) is 4.28. The highest BCUT2D eigenvalue weighted by atomic mass is 16.5. The molecular formula is C23H35NO2. The molecule has 4 saturated carbocycles. The second kappa shape index (κ2) is 6.83. The number of hydrogen-bond donors (Lipinski definition) is 2. The lowest BCUT2D eigenvalue weighted by Gasteiger charge is -2.57. The number of hydrogen-bond acceptors (Lipinski definition) is 3. The molecule has 0 aliphatic heterocycles. The van der Waals surface area contributed by atoms with E-state index in [1.165, 1.54) is 44.1 Å². The van der Waals surface area contributed by atoms with Gasteiger partial charge in [-0.05, 0) is 100 Å². The molecule has 0 radical (unpaired) electrons. The molecule has 4 bridgehead atoms. The Bertz CT molecular complexity index is 581. The zero-order valence-electron chi connectivity index (χ0n) is 16.6. The van der Waals surface area contributed by atoms with Crippen LogP contribution in [0.15, 0.2) is 24.3 Å². The van der Waals surface area contributed by atoms with Crippen molar-refractivity contribution in [3.05, 3.63) is 29.8 Å². The average Bonchev–Trinajstić information content (AvgIpc) is 2.57. The van der Waals surface area contributed by atoms with E-state index in [9.17, 15) is 5.11 Å². The summed E-state index contributed by atoms with van der Waals surface area (Å²) in [5.74, 6) is 3.79. The number of ether oxygens (including phenoxy) is 1. The van der Waals surface area contributed by atoms with Crippen molar-refractivity contribution in [2.45, 2.75) is 76.4 Å². The van der Waals surface area contributed by atoms with Crippen molar-refractivity contribution in [2.24, 2.45) is 17.8 Å². The Hall–Kier alpha value is -1.06. The maximum absolute atomic E-state index is 10.1.